The fraction of sp³-hybridized carbons (Fsp3) is 0.176. The van der Waals surface area contributed by atoms with Gasteiger partial charge in [-0.05, 0) is 49.4 Å². The predicted octanol–water partition coefficient (Wildman–Crippen LogP) is 2.56. The monoisotopic (exact) mass is 345 g/mol. The summed E-state index contributed by atoms with van der Waals surface area (Å²) >= 11 is 5.89. The summed E-state index contributed by atoms with van der Waals surface area (Å²) in [6.07, 6.45) is 0. The molecule has 0 radical (unpaired) electrons. The number of nitrogens with zero attached hydrogens (tertiary/aromatic N) is 1. The molecule has 6 nitrogen and oxygen atoms in total. The van der Waals surface area contributed by atoms with E-state index in [1.54, 1.807) is 36.4 Å². The van der Waals surface area contributed by atoms with Gasteiger partial charge in [-0.1, -0.05) is 11.6 Å². The summed E-state index contributed by atoms with van der Waals surface area (Å²) < 4.78 is 5.41. The van der Waals surface area contributed by atoms with E-state index in [4.69, 9.17) is 27.3 Å². The van der Waals surface area contributed by atoms with E-state index in [-0.39, 0.29) is 6.61 Å². The van der Waals surface area contributed by atoms with Crippen LogP contribution in [0.4, 0.5) is 11.4 Å². The fourth-order valence-electron chi connectivity index (χ4n) is 1.79. The molecular formula is C17H16ClN3O3. The third-order valence-electron chi connectivity index (χ3n) is 3.25. The summed E-state index contributed by atoms with van der Waals surface area (Å²) in [4.78, 5) is 12.2. The fourth-order valence-corrected chi connectivity index (χ4v) is 1.97. The number of ether oxygens (including phenoxy) is 1. The number of carbonyl (C=O) groups is 1. The third kappa shape index (κ3) is 4.38. The van der Waals surface area contributed by atoms with Crippen molar-refractivity contribution in [2.75, 3.05) is 17.7 Å². The summed E-state index contributed by atoms with van der Waals surface area (Å²) in [7, 11) is 0. The molecule has 0 heterocycles. The number of nitriles is 1. The van der Waals surface area contributed by atoms with Crippen LogP contribution in [-0.4, -0.2) is 23.2 Å². The van der Waals surface area contributed by atoms with Crippen molar-refractivity contribution in [2.24, 2.45) is 0 Å². The van der Waals surface area contributed by atoms with Crippen LogP contribution in [0.5, 0.6) is 5.75 Å². The Morgan fingerprint density at radius 3 is 2.62 bits per heavy atom. The Labute approximate surface area is 144 Å². The maximum Gasteiger partial charge on any atom is 0.259 e. The number of anilines is 2. The van der Waals surface area contributed by atoms with E-state index in [1.807, 2.05) is 6.07 Å². The minimum absolute atomic E-state index is 0.257. The van der Waals surface area contributed by atoms with Crippen molar-refractivity contribution in [3.63, 3.8) is 0 Å². The van der Waals surface area contributed by atoms with Gasteiger partial charge >= 0.3 is 0 Å². The zero-order valence-corrected chi connectivity index (χ0v) is 13.7. The maximum atomic E-state index is 12.2. The normalized spacial score (nSPS) is 12.8. The lowest BCUT2D eigenvalue weighted by atomic mass is 10.1. The molecule has 1 atom stereocenters. The lowest BCUT2D eigenvalue weighted by Crippen LogP contribution is -2.45. The number of nitrogen functional groups attached to an aromatic ring is 1. The number of carbonyl (C=O) groups excluding carboxylic acids is 1. The van der Waals surface area contributed by atoms with Crippen molar-refractivity contribution < 1.29 is 14.6 Å². The van der Waals surface area contributed by atoms with Gasteiger partial charge in [0.05, 0.1) is 22.3 Å². The van der Waals surface area contributed by atoms with Gasteiger partial charge in [0.15, 0.2) is 5.60 Å². The number of amides is 1. The van der Waals surface area contributed by atoms with Crippen LogP contribution in [0.2, 0.25) is 5.02 Å². The molecule has 0 aromatic heterocycles. The van der Waals surface area contributed by atoms with Crippen molar-refractivity contribution in [1.82, 2.24) is 0 Å². The lowest BCUT2D eigenvalue weighted by Gasteiger charge is -2.22. The SMILES string of the molecule is C[C@](O)(COc1ccc(C#N)cc1)C(=O)Nc1ccc(N)c(Cl)c1. The van der Waals surface area contributed by atoms with E-state index in [0.717, 1.165) is 0 Å². The molecule has 24 heavy (non-hydrogen) atoms. The second kappa shape index (κ2) is 7.21. The third-order valence-corrected chi connectivity index (χ3v) is 3.58. The minimum Gasteiger partial charge on any atom is -0.490 e. The number of halogens is 1. The van der Waals surface area contributed by atoms with Gasteiger partial charge < -0.3 is 20.9 Å². The van der Waals surface area contributed by atoms with E-state index in [2.05, 4.69) is 5.32 Å². The average molecular weight is 346 g/mol. The maximum absolute atomic E-state index is 12.2. The second-order valence-corrected chi connectivity index (χ2v) is 5.80. The number of rotatable bonds is 5. The quantitative estimate of drug-likeness (QED) is 0.722. The lowest BCUT2D eigenvalue weighted by molar-refractivity contribution is -0.135. The van der Waals surface area contributed by atoms with Gasteiger partial charge in [0, 0.05) is 5.69 Å². The highest BCUT2D eigenvalue weighted by Gasteiger charge is 2.31. The number of hydrogen-bond acceptors (Lipinski definition) is 5. The molecule has 0 unspecified atom stereocenters. The number of aliphatic hydroxyl groups is 1. The van der Waals surface area contributed by atoms with Gasteiger partial charge in [-0.2, -0.15) is 5.26 Å². The van der Waals surface area contributed by atoms with Gasteiger partial charge in [-0.25, -0.2) is 0 Å². The molecule has 0 saturated heterocycles. The minimum atomic E-state index is -1.76. The number of nitrogens with one attached hydrogen (secondary N) is 1. The van der Waals surface area contributed by atoms with Gasteiger partial charge in [0.1, 0.15) is 12.4 Å². The van der Waals surface area contributed by atoms with Gasteiger partial charge in [0.25, 0.3) is 5.91 Å². The topological polar surface area (TPSA) is 108 Å². The van der Waals surface area contributed by atoms with Gasteiger partial charge in [0.2, 0.25) is 0 Å². The van der Waals surface area contributed by atoms with Gasteiger partial charge in [-0.15, -0.1) is 0 Å². The molecule has 1 amide bonds. The molecule has 4 N–H and O–H groups in total. The Hall–Kier alpha value is -2.75. The van der Waals surface area contributed by atoms with Crippen molar-refractivity contribution >= 4 is 28.9 Å². The largest absolute Gasteiger partial charge is 0.490 e. The summed E-state index contributed by atoms with van der Waals surface area (Å²) in [5, 5.41) is 21.9. The highest BCUT2D eigenvalue weighted by molar-refractivity contribution is 6.33. The second-order valence-electron chi connectivity index (χ2n) is 5.39. The van der Waals surface area contributed by atoms with Crippen molar-refractivity contribution in [1.29, 1.82) is 5.26 Å². The molecular weight excluding hydrogens is 330 g/mol. The van der Waals surface area contributed by atoms with Crippen LogP contribution in [0.3, 0.4) is 0 Å². The zero-order chi connectivity index (χ0) is 17.7. The number of benzene rings is 2. The highest BCUT2D eigenvalue weighted by Crippen LogP contribution is 2.23. The van der Waals surface area contributed by atoms with Crippen LogP contribution in [-0.2, 0) is 4.79 Å². The van der Waals surface area contributed by atoms with Crippen molar-refractivity contribution in [3.8, 4) is 11.8 Å². The molecule has 2 aromatic rings. The molecule has 0 aliphatic heterocycles. The average Bonchev–Trinajstić information content (AvgIpc) is 2.57. The van der Waals surface area contributed by atoms with E-state index in [1.165, 1.54) is 13.0 Å². The Morgan fingerprint density at radius 1 is 1.38 bits per heavy atom. The van der Waals surface area contributed by atoms with E-state index in [0.29, 0.717) is 27.7 Å². The van der Waals surface area contributed by atoms with E-state index in [9.17, 15) is 9.90 Å². The Balaban J connectivity index is 1.98. The molecule has 7 heteroatoms. The first-order chi connectivity index (χ1) is 11.3. The van der Waals surface area contributed by atoms with Gasteiger partial charge in [-0.3, -0.25) is 4.79 Å². The van der Waals surface area contributed by atoms with Crippen LogP contribution < -0.4 is 15.8 Å². The Bertz CT molecular complexity index is 783. The van der Waals surface area contributed by atoms with Crippen LogP contribution in [0.15, 0.2) is 42.5 Å². The first-order valence-corrected chi connectivity index (χ1v) is 7.41. The smallest absolute Gasteiger partial charge is 0.259 e. The first-order valence-electron chi connectivity index (χ1n) is 7.03. The summed E-state index contributed by atoms with van der Waals surface area (Å²) in [6.45, 7) is 1.08. The molecule has 124 valence electrons. The standard InChI is InChI=1S/C17H16ClN3O3/c1-17(23,10-24-13-5-2-11(9-19)3-6-13)16(22)21-12-4-7-15(20)14(18)8-12/h2-8,23H,10,20H2,1H3,(H,21,22)/t17-/m0/s1. The van der Waals surface area contributed by atoms with Crippen molar-refractivity contribution in [2.45, 2.75) is 12.5 Å². The predicted molar refractivity (Wildman–Crippen MR) is 91.8 cm³/mol. The van der Waals surface area contributed by atoms with Crippen molar-refractivity contribution in [3.05, 3.63) is 53.1 Å². The molecule has 0 saturated carbocycles. The van der Waals surface area contributed by atoms with Crippen LogP contribution in [0.1, 0.15) is 12.5 Å². The summed E-state index contributed by atoms with van der Waals surface area (Å²) in [5.74, 6) is -0.199. The van der Waals surface area contributed by atoms with E-state index < -0.39 is 11.5 Å². The molecule has 0 spiro atoms. The van der Waals surface area contributed by atoms with Crippen LogP contribution >= 0.6 is 11.6 Å². The zero-order valence-electron chi connectivity index (χ0n) is 12.9. The van der Waals surface area contributed by atoms with Crippen LogP contribution in [0, 0.1) is 11.3 Å². The summed E-state index contributed by atoms with van der Waals surface area (Å²) in [6, 6.07) is 13.0. The van der Waals surface area contributed by atoms with E-state index >= 15 is 0 Å². The molecule has 0 aliphatic rings. The van der Waals surface area contributed by atoms with Crippen LogP contribution in [0.25, 0.3) is 0 Å². The molecule has 0 aliphatic carbocycles. The number of nitrogens with two attached hydrogens (primary N) is 1. The molecule has 0 bridgehead atoms. The summed E-state index contributed by atoms with van der Waals surface area (Å²) in [5.41, 5.74) is 5.14. The highest BCUT2D eigenvalue weighted by atomic mass is 35.5. The molecule has 2 rings (SSSR count). The first kappa shape index (κ1) is 17.6. The molecule has 2 aromatic carbocycles. The number of hydrogen-bond donors (Lipinski definition) is 3. The Morgan fingerprint density at radius 2 is 2.04 bits per heavy atom. The molecule has 0 fully saturated rings. The Kier molecular flexibility index (Phi) is 5.29.